The van der Waals surface area contributed by atoms with E-state index in [2.05, 4.69) is 6.58 Å². The van der Waals surface area contributed by atoms with E-state index in [0.29, 0.717) is 11.3 Å². The van der Waals surface area contributed by atoms with Gasteiger partial charge in [0, 0.05) is 13.6 Å². The van der Waals surface area contributed by atoms with Crippen LogP contribution in [0.4, 0.5) is 5.69 Å². The van der Waals surface area contributed by atoms with Crippen LogP contribution in [0.15, 0.2) is 36.9 Å². The number of benzene rings is 1. The molecule has 1 atom stereocenters. The highest BCUT2D eigenvalue weighted by molar-refractivity contribution is 6.06. The number of carbonyl (C=O) groups excluding carboxylic acids is 1. The summed E-state index contributed by atoms with van der Waals surface area (Å²) in [5.41, 5.74) is -0.289. The molecule has 1 aliphatic heterocycles. The summed E-state index contributed by atoms with van der Waals surface area (Å²) in [7, 11) is 1.68. The second-order valence-corrected chi connectivity index (χ2v) is 4.61. The molecule has 5 nitrogen and oxygen atoms in total. The van der Waals surface area contributed by atoms with Gasteiger partial charge in [-0.2, -0.15) is 0 Å². The van der Waals surface area contributed by atoms with Gasteiger partial charge in [-0.3, -0.25) is 4.79 Å². The summed E-state index contributed by atoms with van der Waals surface area (Å²) in [5, 5.41) is 9.54. The van der Waals surface area contributed by atoms with Crippen LogP contribution in [-0.4, -0.2) is 41.1 Å². The number of hydrogen-bond donors (Lipinski definition) is 1. The summed E-state index contributed by atoms with van der Waals surface area (Å²) in [6.45, 7) is 5.29. The average molecular weight is 260 g/mol. The monoisotopic (exact) mass is 260 g/mol. The van der Waals surface area contributed by atoms with E-state index in [4.69, 9.17) is 0 Å². The number of hydrogen-bond acceptors (Lipinski definition) is 3. The zero-order valence-electron chi connectivity index (χ0n) is 11.0. The molecule has 19 heavy (non-hydrogen) atoms. The Balaban J connectivity index is 2.66. The third-order valence-corrected chi connectivity index (χ3v) is 3.64. The van der Waals surface area contributed by atoms with Gasteiger partial charge in [-0.25, -0.2) is 4.79 Å². The fourth-order valence-electron chi connectivity index (χ4n) is 2.35. The molecule has 0 aliphatic carbocycles. The molecule has 1 aromatic rings. The largest absolute Gasteiger partial charge is 0.478 e. The average Bonchev–Trinajstić information content (AvgIpc) is 2.41. The fraction of sp³-hybridized carbons (Fsp3) is 0.286. The number of likely N-dealkylation sites (N-methyl/N-ethyl adjacent to an activating group) is 1. The van der Waals surface area contributed by atoms with Gasteiger partial charge in [-0.1, -0.05) is 18.2 Å². The van der Waals surface area contributed by atoms with Gasteiger partial charge >= 0.3 is 5.97 Å². The van der Waals surface area contributed by atoms with Crippen molar-refractivity contribution >= 4 is 17.6 Å². The molecule has 1 amide bonds. The Bertz CT molecular complexity index is 555. The highest BCUT2D eigenvalue weighted by atomic mass is 16.4. The van der Waals surface area contributed by atoms with E-state index < -0.39 is 11.6 Å². The van der Waals surface area contributed by atoms with E-state index in [1.165, 1.54) is 17.9 Å². The first kappa shape index (κ1) is 13.1. The highest BCUT2D eigenvalue weighted by Gasteiger charge is 2.50. The molecule has 0 spiro atoms. The molecule has 0 saturated heterocycles. The van der Waals surface area contributed by atoms with Crippen molar-refractivity contribution < 1.29 is 14.7 Å². The Morgan fingerprint density at radius 3 is 2.68 bits per heavy atom. The lowest BCUT2D eigenvalue weighted by Gasteiger charge is -2.48. The number of anilines is 1. The number of rotatable bonds is 3. The van der Waals surface area contributed by atoms with Gasteiger partial charge in [-0.05, 0) is 19.1 Å². The van der Waals surface area contributed by atoms with Crippen LogP contribution in [-0.2, 0) is 4.79 Å². The van der Waals surface area contributed by atoms with Crippen molar-refractivity contribution in [2.24, 2.45) is 0 Å². The van der Waals surface area contributed by atoms with Crippen molar-refractivity contribution in [3.63, 3.8) is 0 Å². The highest BCUT2D eigenvalue weighted by Crippen LogP contribution is 2.35. The molecule has 0 fully saturated rings. The van der Waals surface area contributed by atoms with Gasteiger partial charge in [0.05, 0.1) is 11.3 Å². The van der Waals surface area contributed by atoms with Crippen LogP contribution in [0.1, 0.15) is 17.3 Å². The molecule has 2 rings (SSSR count). The Morgan fingerprint density at radius 2 is 2.11 bits per heavy atom. The number of aliphatic carboxylic acids is 1. The molecule has 1 aromatic carbocycles. The lowest BCUT2D eigenvalue weighted by Crippen LogP contribution is -2.67. The molecule has 1 unspecified atom stereocenters. The molecular formula is C14H16N2O3. The molecule has 100 valence electrons. The lowest BCUT2D eigenvalue weighted by atomic mass is 9.98. The van der Waals surface area contributed by atoms with Crippen LogP contribution in [0, 0.1) is 0 Å². The lowest BCUT2D eigenvalue weighted by molar-refractivity contribution is -0.148. The van der Waals surface area contributed by atoms with E-state index in [0.717, 1.165) is 0 Å². The fourth-order valence-corrected chi connectivity index (χ4v) is 2.35. The SMILES string of the molecule is C=CCN1C(=O)c2ccccc2N(C)C1(C)C(=O)O. The minimum atomic E-state index is -1.42. The predicted molar refractivity (Wildman–Crippen MR) is 72.1 cm³/mol. The number of para-hydroxylation sites is 1. The number of fused-ring (bicyclic) bond motifs is 1. The van der Waals surface area contributed by atoms with Crippen molar-refractivity contribution in [2.45, 2.75) is 12.6 Å². The standard InChI is InChI=1S/C14H16N2O3/c1-4-9-16-12(17)10-7-5-6-8-11(10)15(3)14(16,2)13(18)19/h4-8H,1,9H2,2-3H3,(H,18,19). The molecular weight excluding hydrogens is 244 g/mol. The minimum Gasteiger partial charge on any atom is -0.478 e. The number of carbonyl (C=O) groups is 2. The first-order valence-electron chi connectivity index (χ1n) is 5.93. The van der Waals surface area contributed by atoms with Gasteiger partial charge < -0.3 is 14.9 Å². The maximum atomic E-state index is 12.5. The van der Waals surface area contributed by atoms with Crippen LogP contribution in [0.3, 0.4) is 0 Å². The molecule has 0 radical (unpaired) electrons. The summed E-state index contributed by atoms with van der Waals surface area (Å²) in [4.78, 5) is 27.0. The van der Waals surface area contributed by atoms with Crippen molar-refractivity contribution in [2.75, 3.05) is 18.5 Å². The number of carboxylic acids is 1. The third kappa shape index (κ3) is 1.69. The maximum absolute atomic E-state index is 12.5. The van der Waals surface area contributed by atoms with Crippen LogP contribution in [0.5, 0.6) is 0 Å². The van der Waals surface area contributed by atoms with Gasteiger partial charge in [0.15, 0.2) is 0 Å². The van der Waals surface area contributed by atoms with Crippen LogP contribution >= 0.6 is 0 Å². The zero-order chi connectivity index (χ0) is 14.2. The normalized spacial score (nSPS) is 22.1. The van der Waals surface area contributed by atoms with Crippen molar-refractivity contribution in [1.82, 2.24) is 4.90 Å². The summed E-state index contributed by atoms with van der Waals surface area (Å²) in [6.07, 6.45) is 1.53. The molecule has 0 bridgehead atoms. The van der Waals surface area contributed by atoms with Gasteiger partial charge in [-0.15, -0.1) is 6.58 Å². The van der Waals surface area contributed by atoms with Crippen LogP contribution < -0.4 is 4.90 Å². The molecule has 5 heteroatoms. The first-order valence-corrected chi connectivity index (χ1v) is 5.93. The molecule has 1 aliphatic rings. The Morgan fingerprint density at radius 1 is 1.47 bits per heavy atom. The van der Waals surface area contributed by atoms with Crippen LogP contribution in [0.2, 0.25) is 0 Å². The summed E-state index contributed by atoms with van der Waals surface area (Å²) >= 11 is 0. The quantitative estimate of drug-likeness (QED) is 0.838. The van der Waals surface area contributed by atoms with E-state index in [9.17, 15) is 14.7 Å². The van der Waals surface area contributed by atoms with Crippen LogP contribution in [0.25, 0.3) is 0 Å². The van der Waals surface area contributed by atoms with Gasteiger partial charge in [0.25, 0.3) is 5.91 Å². The van der Waals surface area contributed by atoms with Crippen molar-refractivity contribution in [3.8, 4) is 0 Å². The first-order chi connectivity index (χ1) is 8.94. The number of carboxylic acid groups (broad SMARTS) is 1. The summed E-state index contributed by atoms with van der Waals surface area (Å²) in [5.74, 6) is -1.36. The summed E-state index contributed by atoms with van der Waals surface area (Å²) in [6, 6.07) is 7.00. The Labute approximate surface area is 111 Å². The van der Waals surface area contributed by atoms with Crippen molar-refractivity contribution in [1.29, 1.82) is 0 Å². The minimum absolute atomic E-state index is 0.181. The topological polar surface area (TPSA) is 60.9 Å². The number of nitrogens with zero attached hydrogens (tertiary/aromatic N) is 2. The number of amides is 1. The van der Waals surface area contributed by atoms with E-state index in [1.807, 2.05) is 0 Å². The molecule has 1 N–H and O–H groups in total. The van der Waals surface area contributed by atoms with E-state index in [-0.39, 0.29) is 12.5 Å². The second kappa shape index (κ2) is 4.42. The smallest absolute Gasteiger partial charge is 0.350 e. The maximum Gasteiger partial charge on any atom is 0.350 e. The third-order valence-electron chi connectivity index (χ3n) is 3.64. The van der Waals surface area contributed by atoms with E-state index >= 15 is 0 Å². The second-order valence-electron chi connectivity index (χ2n) is 4.61. The zero-order valence-corrected chi connectivity index (χ0v) is 11.0. The van der Waals surface area contributed by atoms with Gasteiger partial charge in [0.2, 0.25) is 5.66 Å². The Hall–Kier alpha value is -2.30. The Kier molecular flexibility index (Phi) is 3.06. The molecule has 1 heterocycles. The molecule has 0 aromatic heterocycles. The van der Waals surface area contributed by atoms with Crippen molar-refractivity contribution in [3.05, 3.63) is 42.5 Å². The van der Waals surface area contributed by atoms with E-state index in [1.54, 1.807) is 36.2 Å². The summed E-state index contributed by atoms with van der Waals surface area (Å²) < 4.78 is 0. The predicted octanol–water partition coefficient (Wildman–Crippen LogP) is 1.57. The van der Waals surface area contributed by atoms with Gasteiger partial charge in [0.1, 0.15) is 0 Å². The molecule has 0 saturated carbocycles.